The third-order valence-electron chi connectivity index (χ3n) is 4.75. The summed E-state index contributed by atoms with van der Waals surface area (Å²) in [7, 11) is 1.52. The number of allylic oxidation sites excluding steroid dienone is 2. The molecule has 0 bridgehead atoms. The van der Waals surface area contributed by atoms with Crippen LogP contribution in [0.2, 0.25) is 0 Å². The second kappa shape index (κ2) is 7.52. The molecule has 2 aliphatic rings. The Morgan fingerprint density at radius 3 is 2.82 bits per heavy atom. The first kappa shape index (κ1) is 18.3. The van der Waals surface area contributed by atoms with Crippen LogP contribution in [-0.4, -0.2) is 24.6 Å². The van der Waals surface area contributed by atoms with Gasteiger partial charge in [-0.25, -0.2) is 0 Å². The van der Waals surface area contributed by atoms with E-state index in [9.17, 15) is 14.4 Å². The van der Waals surface area contributed by atoms with Crippen LogP contribution in [-0.2, 0) is 14.4 Å². The number of hydrogen-bond donors (Lipinski definition) is 2. The number of anilines is 2. The van der Waals surface area contributed by atoms with Crippen LogP contribution in [0.1, 0.15) is 12.8 Å². The molecule has 0 saturated heterocycles. The van der Waals surface area contributed by atoms with E-state index in [1.54, 1.807) is 24.3 Å². The summed E-state index contributed by atoms with van der Waals surface area (Å²) in [5, 5.41) is 5.85. The fraction of sp³-hybridized carbons (Fsp3) is 0.190. The highest BCUT2D eigenvalue weighted by Gasteiger charge is 2.39. The molecule has 6 nitrogen and oxygen atoms in total. The van der Waals surface area contributed by atoms with Gasteiger partial charge in [-0.1, -0.05) is 30.0 Å². The Kier molecular flexibility index (Phi) is 4.92. The Morgan fingerprint density at radius 2 is 2.00 bits per heavy atom. The van der Waals surface area contributed by atoms with E-state index in [0.29, 0.717) is 29.2 Å². The van der Waals surface area contributed by atoms with E-state index < -0.39 is 17.6 Å². The first-order valence-corrected chi connectivity index (χ1v) is 9.69. The zero-order valence-electron chi connectivity index (χ0n) is 15.2. The lowest BCUT2D eigenvalue weighted by Crippen LogP contribution is -2.37. The maximum absolute atomic E-state index is 12.9. The number of benzene rings is 2. The van der Waals surface area contributed by atoms with E-state index in [4.69, 9.17) is 4.74 Å². The number of carbonyl (C=O) groups excluding carboxylic acids is 3. The van der Waals surface area contributed by atoms with Crippen molar-refractivity contribution in [1.82, 2.24) is 0 Å². The van der Waals surface area contributed by atoms with Crippen LogP contribution >= 0.6 is 11.8 Å². The number of ketones is 2. The number of carbonyl (C=O) groups is 3. The zero-order valence-corrected chi connectivity index (χ0v) is 16.0. The van der Waals surface area contributed by atoms with Gasteiger partial charge in [0.15, 0.2) is 5.78 Å². The Hall–Kier alpha value is -3.06. The third kappa shape index (κ3) is 3.41. The predicted molar refractivity (Wildman–Crippen MR) is 107 cm³/mol. The van der Waals surface area contributed by atoms with Crippen molar-refractivity contribution in [3.63, 3.8) is 0 Å². The van der Waals surface area contributed by atoms with Gasteiger partial charge in [-0.15, -0.1) is 0 Å². The van der Waals surface area contributed by atoms with Crippen LogP contribution in [0.15, 0.2) is 64.0 Å². The molecular formula is C21H18N2O4S. The summed E-state index contributed by atoms with van der Waals surface area (Å²) in [5.74, 6) is -2.18. The molecule has 1 heterocycles. The van der Waals surface area contributed by atoms with Crippen LogP contribution < -0.4 is 15.4 Å². The topological polar surface area (TPSA) is 84.5 Å². The average molecular weight is 394 g/mol. The minimum Gasteiger partial charge on any atom is -0.497 e. The van der Waals surface area contributed by atoms with Crippen LogP contribution in [0.5, 0.6) is 5.75 Å². The van der Waals surface area contributed by atoms with Gasteiger partial charge in [-0.3, -0.25) is 14.4 Å². The van der Waals surface area contributed by atoms with E-state index in [1.165, 1.54) is 18.9 Å². The highest BCUT2D eigenvalue weighted by atomic mass is 32.2. The van der Waals surface area contributed by atoms with E-state index >= 15 is 0 Å². The number of para-hydroxylation sites is 1. The summed E-state index contributed by atoms with van der Waals surface area (Å²) in [6.07, 6.45) is 0.864. The molecule has 142 valence electrons. The lowest BCUT2D eigenvalue weighted by atomic mass is 9.87. The number of nitrogens with one attached hydrogen (secondary N) is 2. The molecule has 2 aromatic rings. The highest BCUT2D eigenvalue weighted by molar-refractivity contribution is 8.04. The molecule has 0 spiro atoms. The number of hydrogen-bond acceptors (Lipinski definition) is 6. The number of ether oxygens (including phenoxy) is 1. The highest BCUT2D eigenvalue weighted by Crippen LogP contribution is 2.44. The minimum atomic E-state index is -0.955. The van der Waals surface area contributed by atoms with Gasteiger partial charge in [0, 0.05) is 22.3 Å². The number of thioether (sulfide) groups is 1. The van der Waals surface area contributed by atoms with E-state index in [1.807, 2.05) is 24.3 Å². The summed E-state index contributed by atoms with van der Waals surface area (Å²) in [5.41, 5.74) is 2.23. The van der Waals surface area contributed by atoms with Crippen molar-refractivity contribution in [3.05, 3.63) is 59.1 Å². The van der Waals surface area contributed by atoms with Crippen molar-refractivity contribution in [3.8, 4) is 5.75 Å². The molecule has 0 saturated carbocycles. The van der Waals surface area contributed by atoms with Gasteiger partial charge in [-0.2, -0.15) is 0 Å². The molecule has 2 N–H and O–H groups in total. The lowest BCUT2D eigenvalue weighted by molar-refractivity contribution is -0.140. The molecule has 1 aliphatic heterocycles. The Morgan fingerprint density at radius 1 is 1.18 bits per heavy atom. The Balaban J connectivity index is 1.49. The lowest BCUT2D eigenvalue weighted by Gasteiger charge is -2.29. The number of Topliss-reactive ketones (excluding diaryl/α,β-unsaturated/α-hetero) is 2. The first-order valence-electron chi connectivity index (χ1n) is 8.87. The summed E-state index contributed by atoms with van der Waals surface area (Å²) >= 11 is 1.36. The maximum Gasteiger partial charge on any atom is 0.292 e. The first-order chi connectivity index (χ1) is 13.6. The summed E-state index contributed by atoms with van der Waals surface area (Å²) in [6, 6.07) is 14.4. The fourth-order valence-electron chi connectivity index (χ4n) is 3.30. The molecule has 1 aliphatic carbocycles. The summed E-state index contributed by atoms with van der Waals surface area (Å²) < 4.78 is 5.11. The summed E-state index contributed by atoms with van der Waals surface area (Å²) in [4.78, 5) is 39.5. The second-order valence-electron chi connectivity index (χ2n) is 6.54. The Bertz CT molecular complexity index is 1010. The number of amides is 1. The zero-order chi connectivity index (χ0) is 19.7. The van der Waals surface area contributed by atoms with Crippen molar-refractivity contribution < 1.29 is 19.1 Å². The van der Waals surface area contributed by atoms with Gasteiger partial charge in [0.25, 0.3) is 5.91 Å². The standard InChI is InChI=1S/C21H18N2O4S/c1-27-13-6-4-5-12(11-13)22-21(26)19(25)14-9-10-16-20(18(14)24)28-17-8-3-2-7-15(17)23-16/h2-8,11,14,23H,9-10H2,1H3,(H,22,26)/t14-/m1/s1. The van der Waals surface area contributed by atoms with Crippen LogP contribution in [0, 0.1) is 5.92 Å². The van der Waals surface area contributed by atoms with Gasteiger partial charge < -0.3 is 15.4 Å². The largest absolute Gasteiger partial charge is 0.497 e. The third-order valence-corrected chi connectivity index (χ3v) is 5.98. The average Bonchev–Trinajstić information content (AvgIpc) is 2.72. The molecular weight excluding hydrogens is 376 g/mol. The fourth-order valence-corrected chi connectivity index (χ4v) is 4.42. The van der Waals surface area contributed by atoms with Gasteiger partial charge in [0.2, 0.25) is 5.78 Å². The maximum atomic E-state index is 12.9. The normalized spacial score (nSPS) is 17.9. The van der Waals surface area contributed by atoms with Gasteiger partial charge in [0.1, 0.15) is 5.75 Å². The molecule has 0 aromatic heterocycles. The van der Waals surface area contributed by atoms with Crippen molar-refractivity contribution in [2.75, 3.05) is 17.7 Å². The molecule has 2 aromatic carbocycles. The number of rotatable bonds is 4. The molecule has 7 heteroatoms. The number of methoxy groups -OCH3 is 1. The van der Waals surface area contributed by atoms with Crippen molar-refractivity contribution >= 4 is 40.6 Å². The smallest absolute Gasteiger partial charge is 0.292 e. The Labute approximate surface area is 166 Å². The van der Waals surface area contributed by atoms with Crippen LogP contribution in [0.4, 0.5) is 11.4 Å². The van der Waals surface area contributed by atoms with Gasteiger partial charge in [0.05, 0.1) is 23.6 Å². The molecule has 0 radical (unpaired) electrons. The minimum absolute atomic E-state index is 0.293. The van der Waals surface area contributed by atoms with Crippen LogP contribution in [0.25, 0.3) is 0 Å². The van der Waals surface area contributed by atoms with Crippen molar-refractivity contribution in [1.29, 1.82) is 0 Å². The molecule has 4 rings (SSSR count). The van der Waals surface area contributed by atoms with E-state index in [-0.39, 0.29) is 5.78 Å². The molecule has 0 unspecified atom stereocenters. The number of fused-ring (bicyclic) bond motifs is 1. The SMILES string of the molecule is COc1cccc(NC(=O)C(=O)[C@@H]2CCC3=C(Sc4ccccc4N3)C2=O)c1. The van der Waals surface area contributed by atoms with E-state index in [2.05, 4.69) is 10.6 Å². The van der Waals surface area contributed by atoms with Gasteiger partial charge >= 0.3 is 0 Å². The monoisotopic (exact) mass is 394 g/mol. The summed E-state index contributed by atoms with van der Waals surface area (Å²) in [6.45, 7) is 0. The van der Waals surface area contributed by atoms with Crippen molar-refractivity contribution in [2.45, 2.75) is 17.7 Å². The van der Waals surface area contributed by atoms with Crippen LogP contribution in [0.3, 0.4) is 0 Å². The van der Waals surface area contributed by atoms with Crippen molar-refractivity contribution in [2.24, 2.45) is 5.92 Å². The van der Waals surface area contributed by atoms with E-state index in [0.717, 1.165) is 16.3 Å². The molecule has 1 amide bonds. The predicted octanol–water partition coefficient (Wildman–Crippen LogP) is 3.61. The molecule has 1 atom stereocenters. The van der Waals surface area contributed by atoms with Gasteiger partial charge in [-0.05, 0) is 37.1 Å². The molecule has 0 fully saturated rings. The second-order valence-corrected chi connectivity index (χ2v) is 7.59. The quantitative estimate of drug-likeness (QED) is 0.609. The molecule has 28 heavy (non-hydrogen) atoms.